The summed E-state index contributed by atoms with van der Waals surface area (Å²) >= 11 is 3.00. The van der Waals surface area contributed by atoms with Gasteiger partial charge in [0, 0.05) is 0 Å². The summed E-state index contributed by atoms with van der Waals surface area (Å²) in [6.07, 6.45) is 1.64. The molecule has 7 nitrogen and oxygen atoms in total. The molecule has 3 heterocycles. The first-order valence-corrected chi connectivity index (χ1v) is 7.61. The molecule has 0 unspecified atom stereocenters. The Morgan fingerprint density at radius 2 is 2.35 bits per heavy atom. The molecule has 0 aliphatic carbocycles. The van der Waals surface area contributed by atoms with Gasteiger partial charge in [-0.1, -0.05) is 28.3 Å². The molecule has 104 valence electrons. The van der Waals surface area contributed by atoms with Crippen LogP contribution in [0.4, 0.5) is 5.13 Å². The molecule has 0 aliphatic heterocycles. The highest BCUT2D eigenvalue weighted by Gasteiger charge is 2.08. The summed E-state index contributed by atoms with van der Waals surface area (Å²) in [5.41, 5.74) is 0. The molecule has 0 atom stereocenters. The average Bonchev–Trinajstić information content (AvgIpc) is 3.16. The molecular formula is C11H11N5O2S2. The quantitative estimate of drug-likeness (QED) is 0.695. The van der Waals surface area contributed by atoms with E-state index in [1.54, 1.807) is 13.2 Å². The van der Waals surface area contributed by atoms with Crippen molar-refractivity contribution in [1.29, 1.82) is 0 Å². The maximum atomic E-state index is 5.23. The second-order valence-corrected chi connectivity index (χ2v) is 6.03. The summed E-state index contributed by atoms with van der Waals surface area (Å²) in [6, 6.07) is 3.76. The number of nitrogens with one attached hydrogen (secondary N) is 1. The lowest BCUT2D eigenvalue weighted by atomic mass is 10.4. The van der Waals surface area contributed by atoms with E-state index < -0.39 is 0 Å². The van der Waals surface area contributed by atoms with Crippen LogP contribution < -0.4 is 5.32 Å². The number of aryl methyl sites for hydroxylation is 1. The fourth-order valence-electron chi connectivity index (χ4n) is 1.44. The molecule has 3 aromatic heterocycles. The van der Waals surface area contributed by atoms with Crippen molar-refractivity contribution >= 4 is 28.2 Å². The Morgan fingerprint density at radius 1 is 1.40 bits per heavy atom. The van der Waals surface area contributed by atoms with E-state index in [0.29, 0.717) is 24.0 Å². The molecule has 1 N–H and O–H groups in total. The van der Waals surface area contributed by atoms with Crippen LogP contribution in [0.5, 0.6) is 0 Å². The molecule has 0 radical (unpaired) electrons. The summed E-state index contributed by atoms with van der Waals surface area (Å²) in [6.45, 7) is 2.38. The van der Waals surface area contributed by atoms with E-state index in [1.165, 1.54) is 23.1 Å². The maximum absolute atomic E-state index is 5.23. The van der Waals surface area contributed by atoms with Gasteiger partial charge in [0.1, 0.15) is 5.76 Å². The van der Waals surface area contributed by atoms with Gasteiger partial charge >= 0.3 is 0 Å². The topological polar surface area (TPSA) is 89.9 Å². The summed E-state index contributed by atoms with van der Waals surface area (Å²) in [4.78, 5) is 4.13. The minimum Gasteiger partial charge on any atom is -0.467 e. The molecule has 20 heavy (non-hydrogen) atoms. The third-order valence-electron chi connectivity index (χ3n) is 2.29. The van der Waals surface area contributed by atoms with Crippen molar-refractivity contribution in [2.75, 3.05) is 5.32 Å². The van der Waals surface area contributed by atoms with Crippen molar-refractivity contribution in [3.8, 4) is 0 Å². The van der Waals surface area contributed by atoms with Crippen LogP contribution in [0.2, 0.25) is 0 Å². The standard InChI is InChI=1S/C11H11N5O2S2/c1-7-13-9(18-16-7)6-19-11-15-14-10(20-11)12-5-8-3-2-4-17-8/h2-4H,5-6H2,1H3,(H,12,14). The van der Waals surface area contributed by atoms with E-state index in [-0.39, 0.29) is 0 Å². The smallest absolute Gasteiger partial charge is 0.237 e. The van der Waals surface area contributed by atoms with Crippen LogP contribution in [0, 0.1) is 6.92 Å². The van der Waals surface area contributed by atoms with Gasteiger partial charge in [0.25, 0.3) is 0 Å². The van der Waals surface area contributed by atoms with Crippen LogP contribution in [-0.2, 0) is 12.3 Å². The SMILES string of the molecule is Cc1noc(CSc2nnc(NCc3ccco3)s2)n1. The molecular weight excluding hydrogens is 298 g/mol. The predicted octanol–water partition coefficient (Wildman–Crippen LogP) is 2.73. The number of aromatic nitrogens is 4. The van der Waals surface area contributed by atoms with Gasteiger partial charge < -0.3 is 14.3 Å². The molecule has 0 saturated carbocycles. The third-order valence-corrected chi connectivity index (χ3v) is 4.29. The fraction of sp³-hybridized carbons (Fsp3) is 0.273. The fourth-order valence-corrected chi connectivity index (χ4v) is 3.02. The Labute approximate surface area is 122 Å². The molecule has 9 heteroatoms. The Bertz CT molecular complexity index is 664. The summed E-state index contributed by atoms with van der Waals surface area (Å²) in [5.74, 6) is 2.68. The van der Waals surface area contributed by atoms with Crippen molar-refractivity contribution in [3.05, 3.63) is 35.9 Å². The van der Waals surface area contributed by atoms with Crippen LogP contribution in [0.25, 0.3) is 0 Å². The minimum absolute atomic E-state index is 0.591. The Morgan fingerprint density at radius 3 is 3.10 bits per heavy atom. The predicted molar refractivity (Wildman–Crippen MR) is 74.5 cm³/mol. The minimum atomic E-state index is 0.591. The highest BCUT2D eigenvalue weighted by Crippen LogP contribution is 2.28. The molecule has 3 aromatic rings. The van der Waals surface area contributed by atoms with Gasteiger partial charge in [-0.25, -0.2) is 0 Å². The van der Waals surface area contributed by atoms with Gasteiger partial charge in [-0.05, 0) is 19.1 Å². The second-order valence-electron chi connectivity index (χ2n) is 3.83. The lowest BCUT2D eigenvalue weighted by molar-refractivity contribution is 0.387. The zero-order valence-electron chi connectivity index (χ0n) is 10.6. The van der Waals surface area contributed by atoms with Gasteiger partial charge in [-0.15, -0.1) is 10.2 Å². The zero-order valence-corrected chi connectivity index (χ0v) is 12.2. The lowest BCUT2D eigenvalue weighted by Gasteiger charge is -1.96. The second kappa shape index (κ2) is 6.06. The van der Waals surface area contributed by atoms with Crippen molar-refractivity contribution < 1.29 is 8.94 Å². The maximum Gasteiger partial charge on any atom is 0.237 e. The van der Waals surface area contributed by atoms with Gasteiger partial charge in [-0.3, -0.25) is 0 Å². The molecule has 0 bridgehead atoms. The van der Waals surface area contributed by atoms with E-state index in [9.17, 15) is 0 Å². The average molecular weight is 309 g/mol. The van der Waals surface area contributed by atoms with Crippen LogP contribution >= 0.6 is 23.1 Å². The third kappa shape index (κ3) is 3.36. The molecule has 0 aliphatic rings. The van der Waals surface area contributed by atoms with Gasteiger partial charge in [0.05, 0.1) is 18.6 Å². The molecule has 0 fully saturated rings. The van der Waals surface area contributed by atoms with E-state index >= 15 is 0 Å². The van der Waals surface area contributed by atoms with Crippen molar-refractivity contribution in [2.45, 2.75) is 23.6 Å². The molecule has 3 rings (SSSR count). The van der Waals surface area contributed by atoms with Crippen LogP contribution in [0.3, 0.4) is 0 Å². The van der Waals surface area contributed by atoms with Crippen LogP contribution in [-0.4, -0.2) is 20.3 Å². The van der Waals surface area contributed by atoms with Crippen molar-refractivity contribution in [1.82, 2.24) is 20.3 Å². The monoisotopic (exact) mass is 309 g/mol. The van der Waals surface area contributed by atoms with E-state index in [1.807, 2.05) is 12.1 Å². The largest absolute Gasteiger partial charge is 0.467 e. The lowest BCUT2D eigenvalue weighted by Crippen LogP contribution is -1.96. The van der Waals surface area contributed by atoms with E-state index in [0.717, 1.165) is 15.2 Å². The van der Waals surface area contributed by atoms with Gasteiger partial charge in [0.2, 0.25) is 11.0 Å². The number of anilines is 1. The van der Waals surface area contributed by atoms with Gasteiger partial charge in [0.15, 0.2) is 10.2 Å². The summed E-state index contributed by atoms with van der Waals surface area (Å²) in [7, 11) is 0. The highest BCUT2D eigenvalue weighted by atomic mass is 32.2. The number of rotatable bonds is 6. The molecule has 0 aromatic carbocycles. The molecule has 0 saturated heterocycles. The first-order chi connectivity index (χ1) is 9.79. The normalized spacial score (nSPS) is 10.8. The van der Waals surface area contributed by atoms with E-state index in [2.05, 4.69) is 25.7 Å². The Hall–Kier alpha value is -1.87. The number of nitrogens with zero attached hydrogens (tertiary/aromatic N) is 4. The Balaban J connectivity index is 1.51. The molecule has 0 spiro atoms. The summed E-state index contributed by atoms with van der Waals surface area (Å²) < 4.78 is 11.1. The van der Waals surface area contributed by atoms with E-state index in [4.69, 9.17) is 8.94 Å². The van der Waals surface area contributed by atoms with Crippen LogP contribution in [0.1, 0.15) is 17.5 Å². The highest BCUT2D eigenvalue weighted by molar-refractivity contribution is 8.00. The van der Waals surface area contributed by atoms with Crippen molar-refractivity contribution in [2.24, 2.45) is 0 Å². The summed E-state index contributed by atoms with van der Waals surface area (Å²) in [5, 5.41) is 15.8. The van der Waals surface area contributed by atoms with Crippen LogP contribution in [0.15, 0.2) is 31.7 Å². The van der Waals surface area contributed by atoms with Crippen molar-refractivity contribution in [3.63, 3.8) is 0 Å². The zero-order chi connectivity index (χ0) is 13.8. The Kier molecular flexibility index (Phi) is 3.97. The number of thioether (sulfide) groups is 1. The number of furan rings is 1. The number of hydrogen-bond acceptors (Lipinski definition) is 9. The van der Waals surface area contributed by atoms with Gasteiger partial charge in [-0.2, -0.15) is 4.98 Å². The molecule has 0 amide bonds. The number of hydrogen-bond donors (Lipinski definition) is 1. The first-order valence-electron chi connectivity index (χ1n) is 5.81. The first kappa shape index (κ1) is 13.1.